The van der Waals surface area contributed by atoms with E-state index in [-0.39, 0.29) is 36.5 Å². The predicted molar refractivity (Wildman–Crippen MR) is 116 cm³/mol. The van der Waals surface area contributed by atoms with Gasteiger partial charge in [-0.1, -0.05) is 0 Å². The molecule has 0 unspecified atom stereocenters. The number of aromatic amines is 1. The molecule has 2 aromatic heterocycles. The number of H-pyrrole nitrogens is 1. The highest BCUT2D eigenvalue weighted by Crippen LogP contribution is 2.23. The normalized spacial score (nSPS) is 16.6. The number of aliphatic imine (C=N–C) groups is 1. The Balaban J connectivity index is 1.63. The Labute approximate surface area is 191 Å². The van der Waals surface area contributed by atoms with Crippen LogP contribution in [0.4, 0.5) is 5.95 Å². The molecule has 14 nitrogen and oxygen atoms in total. The first-order chi connectivity index (χ1) is 16.2. The molecule has 2 aromatic rings. The van der Waals surface area contributed by atoms with Crippen LogP contribution in [0.3, 0.4) is 0 Å². The average Bonchev–Trinajstić information content (AvgIpc) is 2.79. The number of hydrogen-bond donors (Lipinski definition) is 5. The number of amides is 1. The summed E-state index contributed by atoms with van der Waals surface area (Å²) in [6.45, 7) is 0.0774. The van der Waals surface area contributed by atoms with Crippen LogP contribution in [-0.4, -0.2) is 61.2 Å². The molecule has 1 aliphatic carbocycles. The van der Waals surface area contributed by atoms with Crippen molar-refractivity contribution in [3.05, 3.63) is 22.2 Å². The highest BCUT2D eigenvalue weighted by atomic mass is 16.4. The van der Waals surface area contributed by atoms with Crippen molar-refractivity contribution in [1.29, 1.82) is 0 Å². The van der Waals surface area contributed by atoms with Gasteiger partial charge in [-0.3, -0.25) is 24.4 Å². The molecule has 1 saturated carbocycles. The minimum absolute atomic E-state index is 0.0271. The smallest absolute Gasteiger partial charge is 0.381 e. The Morgan fingerprint density at radius 3 is 2.65 bits per heavy atom. The molecule has 1 atom stereocenters. The van der Waals surface area contributed by atoms with Crippen molar-refractivity contribution >= 4 is 47.1 Å². The molecule has 0 aromatic carbocycles. The zero-order valence-electron chi connectivity index (χ0n) is 18.1. The summed E-state index contributed by atoms with van der Waals surface area (Å²) < 4.78 is 1.11. The highest BCUT2D eigenvalue weighted by Gasteiger charge is 2.28. The minimum atomic E-state index is -1.28. The summed E-state index contributed by atoms with van der Waals surface area (Å²) in [5, 5.41) is 20.3. The molecule has 1 aliphatic rings. The Kier molecular flexibility index (Phi) is 7.60. The van der Waals surface area contributed by atoms with Gasteiger partial charge in [0.25, 0.3) is 0 Å². The summed E-state index contributed by atoms with van der Waals surface area (Å²) in [5.41, 5.74) is 6.06. The third-order valence-electron chi connectivity index (χ3n) is 5.55. The monoisotopic (exact) mass is 474 g/mol. The molecule has 0 bridgehead atoms. The van der Waals surface area contributed by atoms with Crippen LogP contribution in [0, 0.1) is 5.92 Å². The number of nitrogens with one attached hydrogen (secondary N) is 2. The van der Waals surface area contributed by atoms with E-state index < -0.39 is 35.4 Å². The largest absolute Gasteiger partial charge is 0.481 e. The van der Waals surface area contributed by atoms with Crippen LogP contribution in [0.2, 0.25) is 0 Å². The summed E-state index contributed by atoms with van der Waals surface area (Å²) in [5.74, 6) is -3.38. The first kappa shape index (κ1) is 24.4. The Hall–Kier alpha value is -4.23. The lowest BCUT2D eigenvalue weighted by Gasteiger charge is -2.24. The molecule has 3 rings (SSSR count). The van der Waals surface area contributed by atoms with Gasteiger partial charge in [0.05, 0.1) is 6.20 Å². The van der Waals surface area contributed by atoms with Crippen molar-refractivity contribution in [2.24, 2.45) is 10.9 Å². The van der Waals surface area contributed by atoms with Crippen LogP contribution >= 0.6 is 0 Å². The van der Waals surface area contributed by atoms with E-state index in [2.05, 4.69) is 25.3 Å². The van der Waals surface area contributed by atoms with E-state index in [1.54, 1.807) is 0 Å². The maximum Gasteiger partial charge on any atom is 0.381 e. The number of nitrogens with zero attached hydrogens (tertiary/aromatic N) is 4. The van der Waals surface area contributed by atoms with Crippen LogP contribution in [-0.2, 0) is 25.7 Å². The van der Waals surface area contributed by atoms with Gasteiger partial charge < -0.3 is 21.3 Å². The number of nitrogens with two attached hydrogens (primary N) is 1. The van der Waals surface area contributed by atoms with E-state index in [9.17, 15) is 29.1 Å². The molecule has 14 heteroatoms. The van der Waals surface area contributed by atoms with Crippen molar-refractivity contribution in [3.8, 4) is 0 Å². The fraction of sp³-hybridized carbons (Fsp3) is 0.450. The number of carbonyl (C=O) groups is 4. The number of carbonyl (C=O) groups excluding carboxylic acids is 2. The zero-order chi connectivity index (χ0) is 24.8. The molecule has 6 N–H and O–H groups in total. The van der Waals surface area contributed by atoms with Gasteiger partial charge in [0.15, 0.2) is 0 Å². The number of fused-ring (bicyclic) bond motifs is 1. The van der Waals surface area contributed by atoms with E-state index in [0.717, 1.165) is 10.3 Å². The van der Waals surface area contributed by atoms with Crippen LogP contribution < -0.4 is 21.2 Å². The topological polar surface area (TPSA) is 222 Å². The maximum atomic E-state index is 12.4. The second-order valence-corrected chi connectivity index (χ2v) is 7.84. The summed E-state index contributed by atoms with van der Waals surface area (Å²) in [6.07, 6.45) is 3.17. The molecular weight excluding hydrogens is 450 g/mol. The Morgan fingerprint density at radius 1 is 1.32 bits per heavy atom. The first-order valence-corrected chi connectivity index (χ1v) is 10.5. The minimum Gasteiger partial charge on any atom is -0.481 e. The first-order valence-electron chi connectivity index (χ1n) is 10.5. The summed E-state index contributed by atoms with van der Waals surface area (Å²) in [7, 11) is 0. The zero-order valence-corrected chi connectivity index (χ0v) is 18.1. The molecule has 1 amide bonds. The van der Waals surface area contributed by atoms with Crippen LogP contribution in [0.1, 0.15) is 44.2 Å². The van der Waals surface area contributed by atoms with Crippen molar-refractivity contribution in [2.45, 2.75) is 51.1 Å². The van der Waals surface area contributed by atoms with Gasteiger partial charge in [-0.2, -0.15) is 4.98 Å². The molecule has 0 radical (unpaired) electrons. The molecule has 2 heterocycles. The van der Waals surface area contributed by atoms with Gasteiger partial charge in [-0.25, -0.2) is 14.6 Å². The van der Waals surface area contributed by atoms with E-state index in [1.807, 2.05) is 0 Å². The van der Waals surface area contributed by atoms with E-state index >= 15 is 0 Å². The quantitative estimate of drug-likeness (QED) is 0.215. The van der Waals surface area contributed by atoms with Gasteiger partial charge in [0.1, 0.15) is 12.6 Å². The lowest BCUT2D eigenvalue weighted by atomic mass is 9.87. The number of anilines is 1. The highest BCUT2D eigenvalue weighted by molar-refractivity contribution is 5.89. The third-order valence-corrected chi connectivity index (χ3v) is 5.55. The summed E-state index contributed by atoms with van der Waals surface area (Å²) in [4.78, 5) is 73.0. The number of nitrogen functional groups attached to an aromatic ring is 1. The molecular formula is C20H24N7O7+. The van der Waals surface area contributed by atoms with Crippen molar-refractivity contribution in [1.82, 2.24) is 20.3 Å². The lowest BCUT2D eigenvalue weighted by Crippen LogP contribution is -2.44. The standard InChI is InChI=1S/C20H23N7O7/c21-20-25-16-15(18(32)26-20)27(9-28)12(8-23-16)7-22-11-3-1-10(2-4-11)17(31)24-13(19(33)34)5-6-14(29)30/h8-10,13H,1-7H2,(H5-,21,23,24,25,26,29,30,31,32,33,34)/p+1/t10?,13-/m0/s1. The van der Waals surface area contributed by atoms with Crippen molar-refractivity contribution in [3.63, 3.8) is 0 Å². The van der Waals surface area contributed by atoms with E-state index in [4.69, 9.17) is 10.8 Å². The fourth-order valence-electron chi connectivity index (χ4n) is 3.74. The Morgan fingerprint density at radius 2 is 2.03 bits per heavy atom. The van der Waals surface area contributed by atoms with E-state index in [1.165, 1.54) is 6.20 Å². The number of aliphatic carboxylic acids is 2. The lowest BCUT2D eigenvalue weighted by molar-refractivity contribution is -0.534. The van der Waals surface area contributed by atoms with E-state index in [0.29, 0.717) is 37.8 Å². The van der Waals surface area contributed by atoms with Gasteiger partial charge in [-0.05, 0) is 32.1 Å². The number of aromatic nitrogens is 4. The van der Waals surface area contributed by atoms with Crippen molar-refractivity contribution < 1.29 is 34.0 Å². The van der Waals surface area contributed by atoms with Gasteiger partial charge in [-0.15, -0.1) is 4.57 Å². The van der Waals surface area contributed by atoms with Crippen molar-refractivity contribution in [2.75, 3.05) is 5.73 Å². The molecule has 0 aliphatic heterocycles. The summed E-state index contributed by atoms with van der Waals surface area (Å²) in [6, 6.07) is -1.26. The van der Waals surface area contributed by atoms with Crippen LogP contribution in [0.5, 0.6) is 0 Å². The molecule has 180 valence electrons. The van der Waals surface area contributed by atoms with Gasteiger partial charge in [0.2, 0.25) is 23.2 Å². The number of carboxylic acid groups (broad SMARTS) is 2. The SMILES string of the molecule is Nc1nc2ncc(CN=C3CCC(C(=O)N[C@@H](CCC(=O)O)C(=O)O)CC3)[n+](C=O)c2c(=O)[nH]1. The van der Waals surface area contributed by atoms with Crippen LogP contribution in [0.15, 0.2) is 16.0 Å². The number of carboxylic acids is 2. The van der Waals surface area contributed by atoms with Gasteiger partial charge in [0, 0.05) is 18.1 Å². The average molecular weight is 474 g/mol. The molecule has 1 fully saturated rings. The molecule has 0 spiro atoms. The molecule has 0 saturated heterocycles. The second kappa shape index (κ2) is 10.6. The fourth-order valence-corrected chi connectivity index (χ4v) is 3.74. The second-order valence-electron chi connectivity index (χ2n) is 7.84. The maximum absolute atomic E-state index is 12.4. The molecule has 34 heavy (non-hydrogen) atoms. The Bertz CT molecular complexity index is 1210. The van der Waals surface area contributed by atoms with Crippen LogP contribution in [0.25, 0.3) is 11.2 Å². The summed E-state index contributed by atoms with van der Waals surface area (Å²) >= 11 is 0. The predicted octanol–water partition coefficient (Wildman–Crippen LogP) is -1.21. The third kappa shape index (κ3) is 5.76. The number of rotatable bonds is 9. The van der Waals surface area contributed by atoms with Gasteiger partial charge >= 0.3 is 29.4 Å². The number of hydrogen-bond acceptors (Lipinski definition) is 9.